The molecular weight excluding hydrogens is 112 g/mol. The third kappa shape index (κ3) is 0.337. The molecule has 0 amide bonds. The van der Waals surface area contributed by atoms with Crippen molar-refractivity contribution in [1.82, 2.24) is 0 Å². The quantitative estimate of drug-likeness (QED) is 0.556. The van der Waals surface area contributed by atoms with E-state index in [9.17, 15) is 0 Å². The summed E-state index contributed by atoms with van der Waals surface area (Å²) in [5.41, 5.74) is 1.54. The predicted octanol–water partition coefficient (Wildman–Crippen LogP) is 1.17. The molecule has 50 valence electrons. The molecule has 3 aliphatic rings. The van der Waals surface area contributed by atoms with Crippen molar-refractivity contribution >= 4 is 0 Å². The smallest absolute Gasteiger partial charge is 0.0465 e. The fourth-order valence-electron chi connectivity index (χ4n) is 2.87. The summed E-state index contributed by atoms with van der Waals surface area (Å²) in [4.78, 5) is 0. The second-order valence-corrected chi connectivity index (χ2v) is 4.20. The van der Waals surface area contributed by atoms with Gasteiger partial charge in [-0.2, -0.15) is 0 Å². The lowest BCUT2D eigenvalue weighted by molar-refractivity contribution is 0.264. The number of hydrogen-bond donors (Lipinski definition) is 1. The Morgan fingerprint density at radius 1 is 1.44 bits per heavy atom. The lowest BCUT2D eigenvalue weighted by Crippen LogP contribution is -1.89. The number of aliphatic hydroxyl groups is 1. The third-order valence-electron chi connectivity index (χ3n) is 3.89. The van der Waals surface area contributed by atoms with Crippen molar-refractivity contribution in [2.24, 2.45) is 16.7 Å². The molecule has 0 saturated heterocycles. The van der Waals surface area contributed by atoms with E-state index in [-0.39, 0.29) is 0 Å². The Balaban J connectivity index is 1.83. The summed E-state index contributed by atoms with van der Waals surface area (Å²) in [5, 5.41) is 8.84. The van der Waals surface area contributed by atoms with Crippen LogP contribution in [0, 0.1) is 16.7 Å². The summed E-state index contributed by atoms with van der Waals surface area (Å²) in [6, 6.07) is 0. The van der Waals surface area contributed by atoms with Gasteiger partial charge in [0.1, 0.15) is 0 Å². The van der Waals surface area contributed by atoms with E-state index in [2.05, 4.69) is 0 Å². The van der Waals surface area contributed by atoms with Crippen LogP contribution in [0.4, 0.5) is 0 Å². The lowest BCUT2D eigenvalue weighted by atomic mass is 10.2. The summed E-state index contributed by atoms with van der Waals surface area (Å²) in [7, 11) is 0. The Morgan fingerprint density at radius 3 is 2.56 bits per heavy atom. The fourth-order valence-corrected chi connectivity index (χ4v) is 2.87. The Morgan fingerprint density at radius 2 is 2.22 bits per heavy atom. The van der Waals surface area contributed by atoms with E-state index in [0.29, 0.717) is 6.61 Å². The summed E-state index contributed by atoms with van der Waals surface area (Å²) in [5.74, 6) is 0.722. The van der Waals surface area contributed by atoms with E-state index in [1.807, 2.05) is 0 Å². The monoisotopic (exact) mass is 124 g/mol. The van der Waals surface area contributed by atoms with E-state index in [4.69, 9.17) is 5.11 Å². The first-order chi connectivity index (χ1) is 4.33. The second-order valence-electron chi connectivity index (χ2n) is 4.20. The molecule has 1 nitrogen and oxygen atoms in total. The molecule has 0 aliphatic heterocycles. The van der Waals surface area contributed by atoms with Crippen LogP contribution in [0.15, 0.2) is 0 Å². The molecule has 3 aliphatic carbocycles. The molecule has 1 N–H and O–H groups in total. The van der Waals surface area contributed by atoms with Crippen LogP contribution < -0.4 is 0 Å². The highest BCUT2D eigenvalue weighted by molar-refractivity contribution is 5.32. The summed E-state index contributed by atoms with van der Waals surface area (Å²) in [6.45, 7) is 0.460. The van der Waals surface area contributed by atoms with Crippen LogP contribution in [0.2, 0.25) is 0 Å². The number of rotatable bonds is 1. The zero-order valence-electron chi connectivity index (χ0n) is 5.56. The maximum atomic E-state index is 8.84. The molecule has 0 bridgehead atoms. The Labute approximate surface area is 55.1 Å². The van der Waals surface area contributed by atoms with Gasteiger partial charge in [0.15, 0.2) is 0 Å². The molecule has 2 unspecified atom stereocenters. The van der Waals surface area contributed by atoms with Gasteiger partial charge >= 0.3 is 0 Å². The van der Waals surface area contributed by atoms with Crippen LogP contribution >= 0.6 is 0 Å². The third-order valence-corrected chi connectivity index (χ3v) is 3.89. The fraction of sp³-hybridized carbons (Fsp3) is 1.00. The topological polar surface area (TPSA) is 20.2 Å². The average Bonchev–Trinajstić information content (AvgIpc) is 2.69. The highest BCUT2D eigenvalue weighted by atomic mass is 16.3. The van der Waals surface area contributed by atoms with Gasteiger partial charge in [-0.3, -0.25) is 0 Å². The molecule has 2 spiro atoms. The number of aliphatic hydroxyl groups excluding tert-OH is 1. The minimum Gasteiger partial charge on any atom is -0.396 e. The van der Waals surface area contributed by atoms with Gasteiger partial charge in [-0.25, -0.2) is 0 Å². The zero-order valence-corrected chi connectivity index (χ0v) is 5.56. The predicted molar refractivity (Wildman–Crippen MR) is 33.9 cm³/mol. The highest BCUT2D eigenvalue weighted by Crippen LogP contribution is 2.91. The normalized spacial score (nSPS) is 56.3. The summed E-state index contributed by atoms with van der Waals surface area (Å²) in [6.07, 6.45) is 5.77. The average molecular weight is 124 g/mol. The van der Waals surface area contributed by atoms with Crippen LogP contribution in [0.1, 0.15) is 25.7 Å². The molecule has 0 radical (unpaired) electrons. The minimum absolute atomic E-state index is 0.460. The maximum Gasteiger partial charge on any atom is 0.0465 e. The first-order valence-electron chi connectivity index (χ1n) is 3.94. The molecule has 0 aromatic rings. The van der Waals surface area contributed by atoms with Crippen molar-refractivity contribution in [1.29, 1.82) is 0 Å². The van der Waals surface area contributed by atoms with Crippen molar-refractivity contribution < 1.29 is 5.11 Å². The van der Waals surface area contributed by atoms with Gasteiger partial charge in [-0.05, 0) is 42.4 Å². The zero-order chi connectivity index (χ0) is 6.11. The van der Waals surface area contributed by atoms with Gasteiger partial charge < -0.3 is 5.11 Å². The van der Waals surface area contributed by atoms with E-state index in [1.54, 1.807) is 0 Å². The van der Waals surface area contributed by atoms with Gasteiger partial charge in [0.05, 0.1) is 0 Å². The summed E-state index contributed by atoms with van der Waals surface area (Å²) < 4.78 is 0. The number of fused-ring (bicyclic) bond motifs is 1. The van der Waals surface area contributed by atoms with Gasteiger partial charge in [-0.1, -0.05) is 0 Å². The van der Waals surface area contributed by atoms with Crippen LogP contribution in [0.25, 0.3) is 0 Å². The Kier molecular flexibility index (Phi) is 0.508. The van der Waals surface area contributed by atoms with Crippen LogP contribution in [-0.4, -0.2) is 11.7 Å². The molecule has 3 rings (SSSR count). The molecule has 2 atom stereocenters. The molecule has 0 aromatic heterocycles. The minimum atomic E-state index is 0.460. The van der Waals surface area contributed by atoms with Crippen molar-refractivity contribution in [3.05, 3.63) is 0 Å². The SMILES string of the molecule is OCC1CC12CC21CC1. The molecule has 0 heterocycles. The van der Waals surface area contributed by atoms with E-state index >= 15 is 0 Å². The highest BCUT2D eigenvalue weighted by Gasteiger charge is 2.83. The van der Waals surface area contributed by atoms with Crippen molar-refractivity contribution in [3.8, 4) is 0 Å². The van der Waals surface area contributed by atoms with Crippen molar-refractivity contribution in [3.63, 3.8) is 0 Å². The van der Waals surface area contributed by atoms with Gasteiger partial charge in [0.25, 0.3) is 0 Å². The molecule has 0 aromatic carbocycles. The number of hydrogen-bond acceptors (Lipinski definition) is 1. The van der Waals surface area contributed by atoms with Crippen molar-refractivity contribution in [2.45, 2.75) is 25.7 Å². The molecule has 3 saturated carbocycles. The first kappa shape index (κ1) is 4.73. The summed E-state index contributed by atoms with van der Waals surface area (Å²) >= 11 is 0. The lowest BCUT2D eigenvalue weighted by Gasteiger charge is -1.87. The molecule has 9 heavy (non-hydrogen) atoms. The first-order valence-corrected chi connectivity index (χ1v) is 3.94. The van der Waals surface area contributed by atoms with E-state index < -0.39 is 0 Å². The largest absolute Gasteiger partial charge is 0.396 e. The standard InChI is InChI=1S/C8H12O/c9-4-6-3-8(6)5-7(8)1-2-7/h6,9H,1-5H2. The molecular formula is C8H12O. The molecule has 3 fully saturated rings. The van der Waals surface area contributed by atoms with Gasteiger partial charge in [0, 0.05) is 6.61 Å². The van der Waals surface area contributed by atoms with Crippen molar-refractivity contribution in [2.75, 3.05) is 6.61 Å². The Bertz CT molecular complexity index is 171. The van der Waals surface area contributed by atoms with Gasteiger partial charge in [-0.15, -0.1) is 0 Å². The molecule has 1 heteroatoms. The van der Waals surface area contributed by atoms with Crippen LogP contribution in [-0.2, 0) is 0 Å². The van der Waals surface area contributed by atoms with Gasteiger partial charge in [0.2, 0.25) is 0 Å². The van der Waals surface area contributed by atoms with E-state index in [1.165, 1.54) is 25.7 Å². The Hall–Kier alpha value is -0.0400. The van der Waals surface area contributed by atoms with Crippen LogP contribution in [0.3, 0.4) is 0 Å². The van der Waals surface area contributed by atoms with E-state index in [0.717, 1.165) is 16.7 Å². The van der Waals surface area contributed by atoms with Crippen LogP contribution in [0.5, 0.6) is 0 Å². The second kappa shape index (κ2) is 0.968. The maximum absolute atomic E-state index is 8.84.